The van der Waals surface area contributed by atoms with E-state index in [1.165, 1.54) is 30.4 Å². The standard InChI is InChI=1S/C17H16FNO4S/c18-24(21,22)16-11-5-4-9-15(16)10-6-12-19-17(20)23-13-14-7-2-1-3-8-14/h1-11H,12-13H2,(H,19,20). The molecule has 126 valence electrons. The number of carbonyl (C=O) groups is 1. The molecule has 2 aromatic carbocycles. The second kappa shape index (κ2) is 8.26. The van der Waals surface area contributed by atoms with Gasteiger partial charge in [-0.1, -0.05) is 60.7 Å². The van der Waals surface area contributed by atoms with Gasteiger partial charge in [0.15, 0.2) is 0 Å². The third-order valence-electron chi connectivity index (χ3n) is 3.06. The number of alkyl carbamates (subject to hydrolysis) is 1. The van der Waals surface area contributed by atoms with E-state index in [0.717, 1.165) is 5.56 Å². The van der Waals surface area contributed by atoms with Crippen LogP contribution < -0.4 is 5.32 Å². The molecule has 0 aromatic heterocycles. The Bertz CT molecular complexity index is 819. The zero-order chi connectivity index (χ0) is 17.4. The zero-order valence-electron chi connectivity index (χ0n) is 12.7. The third kappa shape index (κ3) is 5.51. The van der Waals surface area contributed by atoms with Crippen LogP contribution in [0.4, 0.5) is 8.68 Å². The average molecular weight is 349 g/mol. The maximum atomic E-state index is 13.1. The quantitative estimate of drug-likeness (QED) is 0.812. The molecule has 0 radical (unpaired) electrons. The molecule has 0 heterocycles. The van der Waals surface area contributed by atoms with Crippen molar-refractivity contribution in [3.63, 3.8) is 0 Å². The normalized spacial score (nSPS) is 11.4. The molecule has 0 unspecified atom stereocenters. The molecule has 1 amide bonds. The summed E-state index contributed by atoms with van der Waals surface area (Å²) in [5.41, 5.74) is 1.07. The molecular formula is C17H16FNO4S. The predicted molar refractivity (Wildman–Crippen MR) is 88.4 cm³/mol. The second-order valence-corrected chi connectivity index (χ2v) is 6.14. The molecule has 0 aliphatic rings. The lowest BCUT2D eigenvalue weighted by Crippen LogP contribution is -2.24. The van der Waals surface area contributed by atoms with Crippen LogP contribution in [0.1, 0.15) is 11.1 Å². The largest absolute Gasteiger partial charge is 0.445 e. The van der Waals surface area contributed by atoms with Gasteiger partial charge in [0, 0.05) is 6.54 Å². The van der Waals surface area contributed by atoms with Crippen molar-refractivity contribution in [2.75, 3.05) is 6.54 Å². The van der Waals surface area contributed by atoms with Crippen LogP contribution in [0.15, 0.2) is 65.6 Å². The minimum Gasteiger partial charge on any atom is -0.445 e. The molecule has 1 N–H and O–H groups in total. The van der Waals surface area contributed by atoms with E-state index < -0.39 is 21.2 Å². The lowest BCUT2D eigenvalue weighted by molar-refractivity contribution is 0.141. The number of hydrogen-bond donors (Lipinski definition) is 1. The summed E-state index contributed by atoms with van der Waals surface area (Å²) >= 11 is 0. The number of rotatable bonds is 6. The minimum absolute atomic E-state index is 0.119. The van der Waals surface area contributed by atoms with Crippen LogP contribution in [0.25, 0.3) is 6.08 Å². The Morgan fingerprint density at radius 2 is 1.75 bits per heavy atom. The van der Waals surface area contributed by atoms with Crippen molar-refractivity contribution in [2.45, 2.75) is 11.5 Å². The smallest absolute Gasteiger partial charge is 0.407 e. The van der Waals surface area contributed by atoms with Gasteiger partial charge in [-0.15, -0.1) is 3.89 Å². The van der Waals surface area contributed by atoms with Gasteiger partial charge in [-0.2, -0.15) is 8.42 Å². The van der Waals surface area contributed by atoms with E-state index >= 15 is 0 Å². The van der Waals surface area contributed by atoms with E-state index in [4.69, 9.17) is 4.74 Å². The van der Waals surface area contributed by atoms with Crippen LogP contribution in [-0.4, -0.2) is 21.1 Å². The van der Waals surface area contributed by atoms with E-state index in [9.17, 15) is 17.1 Å². The minimum atomic E-state index is -4.79. The first-order valence-corrected chi connectivity index (χ1v) is 8.50. The summed E-state index contributed by atoms with van der Waals surface area (Å²) in [6, 6.07) is 14.9. The van der Waals surface area contributed by atoms with Crippen molar-refractivity contribution in [3.05, 3.63) is 71.8 Å². The van der Waals surface area contributed by atoms with E-state index in [1.54, 1.807) is 6.07 Å². The van der Waals surface area contributed by atoms with Gasteiger partial charge in [0.1, 0.15) is 11.5 Å². The van der Waals surface area contributed by atoms with Crippen molar-refractivity contribution in [3.8, 4) is 0 Å². The predicted octanol–water partition coefficient (Wildman–Crippen LogP) is 3.28. The molecule has 2 aromatic rings. The van der Waals surface area contributed by atoms with E-state index in [1.807, 2.05) is 30.3 Å². The van der Waals surface area contributed by atoms with Crippen LogP contribution in [0.3, 0.4) is 0 Å². The fourth-order valence-corrected chi connectivity index (χ4v) is 2.60. The highest BCUT2D eigenvalue weighted by Crippen LogP contribution is 2.18. The van der Waals surface area contributed by atoms with Gasteiger partial charge in [-0.25, -0.2) is 4.79 Å². The Morgan fingerprint density at radius 1 is 1.08 bits per heavy atom. The van der Waals surface area contributed by atoms with Gasteiger partial charge >= 0.3 is 16.3 Å². The first-order valence-electron chi connectivity index (χ1n) is 7.11. The number of carbonyl (C=O) groups excluding carboxylic acids is 1. The van der Waals surface area contributed by atoms with Gasteiger partial charge in [0.05, 0.1) is 0 Å². The Balaban J connectivity index is 1.84. The fourth-order valence-electron chi connectivity index (χ4n) is 1.94. The number of nitrogens with one attached hydrogen (secondary N) is 1. The summed E-state index contributed by atoms with van der Waals surface area (Å²) in [6.45, 7) is 0.271. The number of ether oxygens (including phenoxy) is 1. The third-order valence-corrected chi connectivity index (χ3v) is 3.95. The molecule has 7 heteroatoms. The fraction of sp³-hybridized carbons (Fsp3) is 0.118. The van der Waals surface area contributed by atoms with E-state index in [0.29, 0.717) is 0 Å². The van der Waals surface area contributed by atoms with E-state index in [2.05, 4.69) is 5.32 Å². The van der Waals surface area contributed by atoms with Gasteiger partial charge in [0.2, 0.25) is 0 Å². The molecule has 0 aliphatic heterocycles. The molecule has 0 spiro atoms. The maximum absolute atomic E-state index is 13.1. The first-order chi connectivity index (χ1) is 11.5. The van der Waals surface area contributed by atoms with Crippen molar-refractivity contribution in [2.24, 2.45) is 0 Å². The number of hydrogen-bond acceptors (Lipinski definition) is 4. The summed E-state index contributed by atoms with van der Waals surface area (Å²) in [6.07, 6.45) is 2.33. The maximum Gasteiger partial charge on any atom is 0.407 e. The molecule has 0 aliphatic carbocycles. The molecule has 0 bridgehead atoms. The Labute approximate surface area is 140 Å². The molecular weight excluding hydrogens is 333 g/mol. The zero-order valence-corrected chi connectivity index (χ0v) is 13.5. The first kappa shape index (κ1) is 17.7. The topological polar surface area (TPSA) is 72.5 Å². The SMILES string of the molecule is O=C(NCC=Cc1ccccc1S(=O)(=O)F)OCc1ccccc1. The summed E-state index contributed by atoms with van der Waals surface area (Å²) in [4.78, 5) is 11.1. The lowest BCUT2D eigenvalue weighted by Gasteiger charge is -2.05. The molecule has 0 saturated heterocycles. The summed E-state index contributed by atoms with van der Waals surface area (Å²) in [5, 5.41) is 2.49. The Morgan fingerprint density at radius 3 is 2.46 bits per heavy atom. The Hall–Kier alpha value is -2.67. The van der Waals surface area contributed by atoms with Crippen LogP contribution >= 0.6 is 0 Å². The van der Waals surface area contributed by atoms with Gasteiger partial charge in [0.25, 0.3) is 0 Å². The highest BCUT2D eigenvalue weighted by molar-refractivity contribution is 7.86. The molecule has 2 rings (SSSR count). The highest BCUT2D eigenvalue weighted by atomic mass is 32.3. The summed E-state index contributed by atoms with van der Waals surface area (Å²) < 4.78 is 40.2. The lowest BCUT2D eigenvalue weighted by atomic mass is 10.2. The summed E-state index contributed by atoms with van der Waals surface area (Å²) in [7, 11) is -4.79. The molecule has 5 nitrogen and oxygen atoms in total. The monoisotopic (exact) mass is 349 g/mol. The van der Waals surface area contributed by atoms with Crippen molar-refractivity contribution in [1.82, 2.24) is 5.32 Å². The molecule has 24 heavy (non-hydrogen) atoms. The average Bonchev–Trinajstić information content (AvgIpc) is 2.57. The second-order valence-electron chi connectivity index (χ2n) is 4.82. The van der Waals surface area contributed by atoms with Crippen LogP contribution in [0.5, 0.6) is 0 Å². The highest BCUT2D eigenvalue weighted by Gasteiger charge is 2.14. The van der Waals surface area contributed by atoms with Crippen LogP contribution in [0, 0.1) is 0 Å². The number of amides is 1. The number of benzene rings is 2. The van der Waals surface area contributed by atoms with Crippen LogP contribution in [0.2, 0.25) is 0 Å². The summed E-state index contributed by atoms with van der Waals surface area (Å²) in [5.74, 6) is 0. The van der Waals surface area contributed by atoms with Gasteiger partial charge < -0.3 is 10.1 Å². The molecule has 0 fully saturated rings. The van der Waals surface area contributed by atoms with Crippen molar-refractivity contribution in [1.29, 1.82) is 0 Å². The Kier molecular flexibility index (Phi) is 6.08. The van der Waals surface area contributed by atoms with Crippen molar-refractivity contribution >= 4 is 22.4 Å². The number of halogens is 1. The molecule has 0 saturated carbocycles. The molecule has 0 atom stereocenters. The van der Waals surface area contributed by atoms with E-state index in [-0.39, 0.29) is 18.7 Å². The van der Waals surface area contributed by atoms with Gasteiger partial charge in [-0.3, -0.25) is 0 Å². The van der Waals surface area contributed by atoms with Crippen molar-refractivity contribution < 1.29 is 21.8 Å². The van der Waals surface area contributed by atoms with Gasteiger partial charge in [-0.05, 0) is 17.2 Å². The van der Waals surface area contributed by atoms with Crippen LogP contribution in [-0.2, 0) is 21.6 Å².